The van der Waals surface area contributed by atoms with E-state index in [-0.39, 0.29) is 4.99 Å². The first-order valence-electron chi connectivity index (χ1n) is 4.82. The predicted molar refractivity (Wildman–Crippen MR) is 68.0 cm³/mol. The van der Waals surface area contributed by atoms with Crippen molar-refractivity contribution in [2.45, 2.75) is 6.92 Å². The Morgan fingerprint density at radius 2 is 2.12 bits per heavy atom. The summed E-state index contributed by atoms with van der Waals surface area (Å²) >= 11 is 4.74. The molecular weight excluding hydrogens is 220 g/mol. The highest BCUT2D eigenvalue weighted by molar-refractivity contribution is 7.80. The number of hydrogen-bond donors (Lipinski definition) is 1. The Hall–Kier alpha value is -1.86. The maximum atomic E-state index is 8.79. The van der Waals surface area contributed by atoms with Crippen LogP contribution < -0.4 is 10.5 Å². The van der Waals surface area contributed by atoms with E-state index in [9.17, 15) is 0 Å². The molecule has 0 fully saturated rings. The van der Waals surface area contributed by atoms with Gasteiger partial charge in [0.15, 0.2) is 0 Å². The topological polar surface area (TPSA) is 59.0 Å². The van der Waals surface area contributed by atoms with Gasteiger partial charge in [-0.15, -0.1) is 0 Å². The Kier molecular flexibility index (Phi) is 4.49. The number of ether oxygens (including phenoxy) is 1. The molecule has 16 heavy (non-hydrogen) atoms. The van der Waals surface area contributed by atoms with E-state index in [1.54, 1.807) is 6.08 Å². The summed E-state index contributed by atoms with van der Waals surface area (Å²) in [5, 5.41) is 8.79. The molecule has 0 bridgehead atoms. The number of benzene rings is 1. The molecule has 1 aromatic rings. The monoisotopic (exact) mass is 232 g/mol. The highest BCUT2D eigenvalue weighted by atomic mass is 32.1. The second kappa shape index (κ2) is 5.89. The molecule has 1 rings (SSSR count). The van der Waals surface area contributed by atoms with E-state index in [1.807, 2.05) is 37.3 Å². The van der Waals surface area contributed by atoms with Crippen LogP contribution >= 0.6 is 12.2 Å². The van der Waals surface area contributed by atoms with Crippen molar-refractivity contribution in [2.24, 2.45) is 5.73 Å². The summed E-state index contributed by atoms with van der Waals surface area (Å²) in [6.07, 6.45) is 1.65. The van der Waals surface area contributed by atoms with Gasteiger partial charge in [-0.1, -0.05) is 24.4 Å². The van der Waals surface area contributed by atoms with Crippen molar-refractivity contribution < 1.29 is 4.74 Å². The minimum absolute atomic E-state index is 0.108. The lowest BCUT2D eigenvalue weighted by atomic mass is 10.1. The highest BCUT2D eigenvalue weighted by Gasteiger charge is 1.99. The molecule has 0 heterocycles. The zero-order chi connectivity index (χ0) is 12.0. The maximum Gasteiger partial charge on any atom is 0.119 e. The zero-order valence-corrected chi connectivity index (χ0v) is 9.75. The summed E-state index contributed by atoms with van der Waals surface area (Å²) < 4.78 is 5.30. The Morgan fingerprint density at radius 1 is 1.50 bits per heavy atom. The molecule has 0 spiro atoms. The predicted octanol–water partition coefficient (Wildman–Crippen LogP) is 2.28. The van der Waals surface area contributed by atoms with Crippen LogP contribution in [0.2, 0.25) is 0 Å². The van der Waals surface area contributed by atoms with Gasteiger partial charge in [0.2, 0.25) is 0 Å². The smallest absolute Gasteiger partial charge is 0.119 e. The third-order valence-electron chi connectivity index (χ3n) is 1.89. The first kappa shape index (κ1) is 12.2. The van der Waals surface area contributed by atoms with Crippen LogP contribution in [0.25, 0.3) is 6.08 Å². The highest BCUT2D eigenvalue weighted by Crippen LogP contribution is 2.14. The van der Waals surface area contributed by atoms with Gasteiger partial charge < -0.3 is 10.5 Å². The van der Waals surface area contributed by atoms with Gasteiger partial charge in [-0.25, -0.2) is 0 Å². The van der Waals surface area contributed by atoms with Crippen molar-refractivity contribution in [3.05, 3.63) is 35.4 Å². The third kappa shape index (κ3) is 3.37. The zero-order valence-electron chi connectivity index (χ0n) is 8.93. The summed E-state index contributed by atoms with van der Waals surface area (Å²) in [4.78, 5) is 0.108. The lowest BCUT2D eigenvalue weighted by Gasteiger charge is -2.02. The summed E-state index contributed by atoms with van der Waals surface area (Å²) in [6.45, 7) is 2.56. The molecule has 0 atom stereocenters. The van der Waals surface area contributed by atoms with Crippen LogP contribution in [-0.4, -0.2) is 11.6 Å². The molecule has 0 saturated carbocycles. The van der Waals surface area contributed by atoms with Crippen LogP contribution in [0.1, 0.15) is 12.5 Å². The van der Waals surface area contributed by atoms with Crippen molar-refractivity contribution in [3.63, 3.8) is 0 Å². The van der Waals surface area contributed by atoms with Gasteiger partial charge in [0, 0.05) is 0 Å². The molecule has 2 N–H and O–H groups in total. The summed E-state index contributed by atoms with van der Waals surface area (Å²) in [7, 11) is 0. The number of nitriles is 1. The minimum Gasteiger partial charge on any atom is -0.494 e. The van der Waals surface area contributed by atoms with Crippen LogP contribution in [0.4, 0.5) is 0 Å². The number of rotatable bonds is 4. The van der Waals surface area contributed by atoms with Gasteiger partial charge in [-0.2, -0.15) is 5.26 Å². The number of thiocarbonyl (C=S) groups is 1. The molecule has 0 saturated heterocycles. The van der Waals surface area contributed by atoms with Crippen LogP contribution in [0.15, 0.2) is 29.8 Å². The molecule has 0 aliphatic carbocycles. The van der Waals surface area contributed by atoms with E-state index in [2.05, 4.69) is 0 Å². The first-order valence-corrected chi connectivity index (χ1v) is 5.22. The van der Waals surface area contributed by atoms with Crippen molar-refractivity contribution in [1.82, 2.24) is 0 Å². The molecular formula is C12H12N2OS. The minimum atomic E-state index is 0.108. The van der Waals surface area contributed by atoms with E-state index < -0.39 is 0 Å². The van der Waals surface area contributed by atoms with E-state index in [0.29, 0.717) is 12.2 Å². The van der Waals surface area contributed by atoms with Crippen molar-refractivity contribution in [3.8, 4) is 11.8 Å². The van der Waals surface area contributed by atoms with E-state index >= 15 is 0 Å². The lowest BCUT2D eigenvalue weighted by molar-refractivity contribution is 0.340. The van der Waals surface area contributed by atoms with Gasteiger partial charge in [-0.05, 0) is 30.7 Å². The number of nitrogens with two attached hydrogens (primary N) is 1. The normalized spacial score (nSPS) is 10.6. The molecule has 0 aliphatic heterocycles. The fraction of sp³-hybridized carbons (Fsp3) is 0.167. The Balaban J connectivity index is 2.90. The van der Waals surface area contributed by atoms with Crippen LogP contribution in [0.3, 0.4) is 0 Å². The molecule has 0 radical (unpaired) electrons. The quantitative estimate of drug-likeness (QED) is 0.491. The van der Waals surface area contributed by atoms with Crippen LogP contribution in [0.5, 0.6) is 5.75 Å². The molecule has 0 amide bonds. The number of hydrogen-bond acceptors (Lipinski definition) is 3. The Morgan fingerprint density at radius 3 is 2.56 bits per heavy atom. The van der Waals surface area contributed by atoms with Gasteiger partial charge >= 0.3 is 0 Å². The molecule has 82 valence electrons. The fourth-order valence-corrected chi connectivity index (χ4v) is 1.26. The maximum absolute atomic E-state index is 8.79. The fourth-order valence-electron chi connectivity index (χ4n) is 1.15. The van der Waals surface area contributed by atoms with Crippen molar-refractivity contribution >= 4 is 23.3 Å². The Labute approximate surface area is 100 Å². The standard InChI is InChI=1S/C12H12N2OS/c1-2-15-11-5-3-9(4-6-11)7-10(8-13)12(14)16/h3-7H,2H2,1H3,(H2,14,16)/b10-7+. The lowest BCUT2D eigenvalue weighted by Crippen LogP contribution is -2.09. The Bertz CT molecular complexity index is 443. The molecule has 3 nitrogen and oxygen atoms in total. The second-order valence-corrected chi connectivity index (χ2v) is 3.48. The van der Waals surface area contributed by atoms with Gasteiger partial charge in [0.05, 0.1) is 12.2 Å². The van der Waals surface area contributed by atoms with E-state index in [4.69, 9.17) is 28.0 Å². The van der Waals surface area contributed by atoms with Crippen molar-refractivity contribution in [1.29, 1.82) is 5.26 Å². The SMILES string of the molecule is CCOc1ccc(/C=C(\C#N)C(N)=S)cc1. The third-order valence-corrected chi connectivity index (χ3v) is 2.11. The van der Waals surface area contributed by atoms with Gasteiger partial charge in [0.1, 0.15) is 16.8 Å². The van der Waals surface area contributed by atoms with Gasteiger partial charge in [-0.3, -0.25) is 0 Å². The average Bonchev–Trinajstić information content (AvgIpc) is 2.28. The van der Waals surface area contributed by atoms with Gasteiger partial charge in [0.25, 0.3) is 0 Å². The molecule has 0 unspecified atom stereocenters. The van der Waals surface area contributed by atoms with E-state index in [0.717, 1.165) is 11.3 Å². The summed E-state index contributed by atoms with van der Waals surface area (Å²) in [6, 6.07) is 9.32. The summed E-state index contributed by atoms with van der Waals surface area (Å²) in [5.41, 5.74) is 6.56. The largest absolute Gasteiger partial charge is 0.494 e. The molecule has 1 aromatic carbocycles. The van der Waals surface area contributed by atoms with Crippen LogP contribution in [0, 0.1) is 11.3 Å². The second-order valence-electron chi connectivity index (χ2n) is 3.04. The van der Waals surface area contributed by atoms with Crippen LogP contribution in [-0.2, 0) is 0 Å². The molecule has 0 aliphatic rings. The number of nitrogens with zero attached hydrogens (tertiary/aromatic N) is 1. The molecule has 4 heteroatoms. The van der Waals surface area contributed by atoms with E-state index in [1.165, 1.54) is 0 Å². The summed E-state index contributed by atoms with van der Waals surface area (Å²) in [5.74, 6) is 0.800. The van der Waals surface area contributed by atoms with Crippen molar-refractivity contribution in [2.75, 3.05) is 6.61 Å². The average molecular weight is 232 g/mol. The molecule has 0 aromatic heterocycles. The first-order chi connectivity index (χ1) is 7.67.